The normalized spacial score (nSPS) is 10.4. The molecule has 0 fully saturated rings. The van der Waals surface area contributed by atoms with Crippen LogP contribution in [0.15, 0.2) is 54.9 Å². The number of amides is 1. The molecule has 7 nitrogen and oxygen atoms in total. The molecular formula is C22H26N6O. The molecule has 0 atom stereocenters. The Balaban J connectivity index is 1.68. The Morgan fingerprint density at radius 2 is 1.83 bits per heavy atom. The summed E-state index contributed by atoms with van der Waals surface area (Å²) in [6.45, 7) is 8.46. The molecule has 3 aromatic rings. The molecule has 2 N–H and O–H groups in total. The minimum absolute atomic E-state index is 0.268. The van der Waals surface area contributed by atoms with Crippen LogP contribution >= 0.6 is 0 Å². The molecule has 29 heavy (non-hydrogen) atoms. The van der Waals surface area contributed by atoms with E-state index in [-0.39, 0.29) is 5.91 Å². The van der Waals surface area contributed by atoms with Crippen LogP contribution < -0.4 is 15.5 Å². The largest absolute Gasteiger partial charge is 0.372 e. The van der Waals surface area contributed by atoms with E-state index in [2.05, 4.69) is 44.3 Å². The van der Waals surface area contributed by atoms with E-state index in [4.69, 9.17) is 0 Å². The number of pyridine rings is 1. The van der Waals surface area contributed by atoms with Crippen molar-refractivity contribution >= 4 is 23.1 Å². The van der Waals surface area contributed by atoms with E-state index in [1.165, 1.54) is 0 Å². The second-order valence-corrected chi connectivity index (χ2v) is 6.57. The lowest BCUT2D eigenvalue weighted by atomic mass is 10.2. The van der Waals surface area contributed by atoms with Gasteiger partial charge in [0.05, 0.1) is 0 Å². The smallest absolute Gasteiger partial charge is 0.274 e. The van der Waals surface area contributed by atoms with Gasteiger partial charge in [0.15, 0.2) is 0 Å². The molecular weight excluding hydrogens is 364 g/mol. The van der Waals surface area contributed by atoms with E-state index in [0.717, 1.165) is 30.0 Å². The van der Waals surface area contributed by atoms with Crippen molar-refractivity contribution in [1.29, 1.82) is 0 Å². The summed E-state index contributed by atoms with van der Waals surface area (Å²) < 4.78 is 0. The summed E-state index contributed by atoms with van der Waals surface area (Å²) in [5.41, 5.74) is 3.21. The summed E-state index contributed by atoms with van der Waals surface area (Å²) >= 11 is 0. The zero-order valence-electron chi connectivity index (χ0n) is 17.0. The van der Waals surface area contributed by atoms with Crippen molar-refractivity contribution in [2.24, 2.45) is 0 Å². The van der Waals surface area contributed by atoms with Gasteiger partial charge in [-0.05, 0) is 56.7 Å². The molecule has 2 aromatic heterocycles. The predicted octanol–water partition coefficient (Wildman–Crippen LogP) is 3.89. The molecule has 0 aliphatic rings. The van der Waals surface area contributed by atoms with E-state index in [1.807, 2.05) is 36.4 Å². The molecule has 0 aliphatic heterocycles. The highest BCUT2D eigenvalue weighted by molar-refractivity contribution is 6.03. The molecule has 0 saturated carbocycles. The van der Waals surface area contributed by atoms with Gasteiger partial charge in [-0.3, -0.25) is 9.78 Å². The third kappa shape index (κ3) is 5.51. The minimum Gasteiger partial charge on any atom is -0.372 e. The number of nitrogens with one attached hydrogen (secondary N) is 2. The fourth-order valence-corrected chi connectivity index (χ4v) is 3.01. The zero-order valence-corrected chi connectivity index (χ0v) is 17.0. The number of nitrogens with zero attached hydrogens (tertiary/aromatic N) is 4. The Bertz CT molecular complexity index is 939. The van der Waals surface area contributed by atoms with E-state index >= 15 is 0 Å². The first-order valence-electron chi connectivity index (χ1n) is 9.74. The lowest BCUT2D eigenvalue weighted by molar-refractivity contribution is 0.102. The maximum Gasteiger partial charge on any atom is 0.274 e. The second kappa shape index (κ2) is 9.64. The van der Waals surface area contributed by atoms with Gasteiger partial charge in [0, 0.05) is 49.5 Å². The fraction of sp³-hybridized carbons (Fsp3) is 0.273. The fourth-order valence-electron chi connectivity index (χ4n) is 3.01. The Hall–Kier alpha value is -3.48. The molecule has 3 rings (SSSR count). The summed E-state index contributed by atoms with van der Waals surface area (Å²) in [5, 5.41) is 6.12. The molecule has 0 radical (unpaired) electrons. The lowest BCUT2D eigenvalue weighted by Crippen LogP contribution is -2.21. The molecule has 150 valence electrons. The highest BCUT2D eigenvalue weighted by Gasteiger charge is 2.11. The van der Waals surface area contributed by atoms with Crippen molar-refractivity contribution < 1.29 is 4.79 Å². The van der Waals surface area contributed by atoms with Crippen LogP contribution in [0.1, 0.15) is 35.7 Å². The molecule has 0 aliphatic carbocycles. The number of rotatable bonds is 8. The van der Waals surface area contributed by atoms with E-state index in [1.54, 1.807) is 25.4 Å². The number of carbonyl (C=O) groups is 1. The second-order valence-electron chi connectivity index (χ2n) is 6.57. The highest BCUT2D eigenvalue weighted by atomic mass is 16.1. The average Bonchev–Trinajstić information content (AvgIpc) is 2.74. The topological polar surface area (TPSA) is 83.0 Å². The summed E-state index contributed by atoms with van der Waals surface area (Å²) in [4.78, 5) is 27.7. The van der Waals surface area contributed by atoms with Gasteiger partial charge in [-0.1, -0.05) is 6.07 Å². The number of anilines is 3. The van der Waals surface area contributed by atoms with Gasteiger partial charge in [-0.25, -0.2) is 9.97 Å². The van der Waals surface area contributed by atoms with Gasteiger partial charge in [0.2, 0.25) is 0 Å². The molecule has 1 aromatic carbocycles. The summed E-state index contributed by atoms with van der Waals surface area (Å²) in [5.74, 6) is 0.863. The van der Waals surface area contributed by atoms with Gasteiger partial charge in [-0.2, -0.15) is 0 Å². The molecule has 1 amide bonds. The van der Waals surface area contributed by atoms with Crippen molar-refractivity contribution in [1.82, 2.24) is 15.0 Å². The van der Waals surface area contributed by atoms with Crippen molar-refractivity contribution in [2.75, 3.05) is 28.6 Å². The third-order valence-corrected chi connectivity index (χ3v) is 4.52. The maximum absolute atomic E-state index is 12.7. The van der Waals surface area contributed by atoms with Crippen LogP contribution in [0.25, 0.3) is 0 Å². The number of carbonyl (C=O) groups excluding carboxylic acids is 1. The van der Waals surface area contributed by atoms with Crippen molar-refractivity contribution in [2.45, 2.75) is 27.3 Å². The minimum atomic E-state index is -0.268. The summed E-state index contributed by atoms with van der Waals surface area (Å²) in [7, 11) is 0. The van der Waals surface area contributed by atoms with Gasteiger partial charge in [0.25, 0.3) is 5.91 Å². The standard InChI is InChI=1S/C22H26N6O/c1-4-28(5-2)19-10-8-18(9-11-19)27-22(29)20-13-21(26-16(3)25-20)24-15-17-7-6-12-23-14-17/h6-14H,4-5,15H2,1-3H3,(H,27,29)(H,24,25,26). The quantitative estimate of drug-likeness (QED) is 0.607. The molecule has 0 saturated heterocycles. The van der Waals surface area contributed by atoms with Gasteiger partial charge in [-0.15, -0.1) is 0 Å². The first-order chi connectivity index (χ1) is 14.1. The van der Waals surface area contributed by atoms with E-state index < -0.39 is 0 Å². The van der Waals surface area contributed by atoms with Crippen molar-refractivity contribution in [3.63, 3.8) is 0 Å². The van der Waals surface area contributed by atoms with Crippen LogP contribution in [-0.4, -0.2) is 33.9 Å². The van der Waals surface area contributed by atoms with Crippen LogP contribution in [0.5, 0.6) is 0 Å². The van der Waals surface area contributed by atoms with Crippen LogP contribution in [0.2, 0.25) is 0 Å². The molecule has 0 unspecified atom stereocenters. The Morgan fingerprint density at radius 3 is 2.48 bits per heavy atom. The van der Waals surface area contributed by atoms with Crippen LogP contribution in [0, 0.1) is 6.92 Å². The molecule has 2 heterocycles. The number of benzene rings is 1. The molecule has 0 bridgehead atoms. The number of hydrogen-bond acceptors (Lipinski definition) is 6. The van der Waals surface area contributed by atoms with Crippen molar-refractivity contribution in [3.8, 4) is 0 Å². The van der Waals surface area contributed by atoms with Crippen LogP contribution in [-0.2, 0) is 6.54 Å². The Kier molecular flexibility index (Phi) is 6.73. The first kappa shape index (κ1) is 20.3. The van der Waals surface area contributed by atoms with Crippen molar-refractivity contribution in [3.05, 3.63) is 71.9 Å². The van der Waals surface area contributed by atoms with Gasteiger partial charge >= 0.3 is 0 Å². The van der Waals surface area contributed by atoms with Gasteiger partial charge < -0.3 is 15.5 Å². The summed E-state index contributed by atoms with van der Waals surface area (Å²) in [6.07, 6.45) is 3.52. The SMILES string of the molecule is CCN(CC)c1ccc(NC(=O)c2cc(NCc3cccnc3)nc(C)n2)cc1. The number of hydrogen-bond donors (Lipinski definition) is 2. The lowest BCUT2D eigenvalue weighted by Gasteiger charge is -2.21. The van der Waals surface area contributed by atoms with Crippen LogP contribution in [0.4, 0.5) is 17.2 Å². The average molecular weight is 390 g/mol. The highest BCUT2D eigenvalue weighted by Crippen LogP contribution is 2.18. The molecule has 0 spiro atoms. The van der Waals surface area contributed by atoms with Gasteiger partial charge in [0.1, 0.15) is 17.3 Å². The predicted molar refractivity (Wildman–Crippen MR) is 116 cm³/mol. The van der Waals surface area contributed by atoms with E-state index in [0.29, 0.717) is 23.9 Å². The zero-order chi connectivity index (χ0) is 20.6. The number of aromatic nitrogens is 3. The van der Waals surface area contributed by atoms with E-state index in [9.17, 15) is 4.79 Å². The summed E-state index contributed by atoms with van der Waals surface area (Å²) in [6, 6.07) is 13.3. The Labute approximate surface area is 171 Å². The molecule has 7 heteroatoms. The van der Waals surface area contributed by atoms with Crippen LogP contribution in [0.3, 0.4) is 0 Å². The monoisotopic (exact) mass is 390 g/mol. The third-order valence-electron chi connectivity index (χ3n) is 4.52. The maximum atomic E-state index is 12.7. The Morgan fingerprint density at radius 1 is 1.07 bits per heavy atom. The first-order valence-corrected chi connectivity index (χ1v) is 9.74. The number of aryl methyl sites for hydroxylation is 1.